The van der Waals surface area contributed by atoms with Gasteiger partial charge in [0.05, 0.1) is 18.4 Å². The quantitative estimate of drug-likeness (QED) is 0.522. The van der Waals surface area contributed by atoms with Crippen LogP contribution in [0, 0.1) is 17.8 Å². The first-order valence-corrected chi connectivity index (χ1v) is 13.3. The zero-order chi connectivity index (χ0) is 25.9. The van der Waals surface area contributed by atoms with Crippen molar-refractivity contribution in [3.8, 4) is 5.75 Å². The maximum absolute atomic E-state index is 12.9. The van der Waals surface area contributed by atoms with Crippen LogP contribution in [0.5, 0.6) is 5.75 Å². The van der Waals surface area contributed by atoms with E-state index in [0.717, 1.165) is 51.1 Å². The van der Waals surface area contributed by atoms with Gasteiger partial charge in [-0.2, -0.15) is 13.2 Å². The number of ether oxygens (including phenoxy) is 1. The van der Waals surface area contributed by atoms with Crippen molar-refractivity contribution in [1.82, 2.24) is 14.9 Å². The highest BCUT2D eigenvalue weighted by atomic mass is 35.5. The van der Waals surface area contributed by atoms with E-state index in [0.29, 0.717) is 41.4 Å². The number of nitrogens with one attached hydrogen (secondary N) is 1. The third kappa shape index (κ3) is 4.72. The van der Waals surface area contributed by atoms with Gasteiger partial charge in [0, 0.05) is 50.2 Å². The van der Waals surface area contributed by atoms with Gasteiger partial charge in [-0.15, -0.1) is 0 Å². The second-order valence-corrected chi connectivity index (χ2v) is 11.5. The Bertz CT molecular complexity index is 1160. The van der Waals surface area contributed by atoms with Crippen LogP contribution in [0.15, 0.2) is 24.4 Å². The zero-order valence-electron chi connectivity index (χ0n) is 20.6. The van der Waals surface area contributed by atoms with Crippen LogP contribution in [0.2, 0.25) is 5.15 Å². The molecule has 2 aromatic rings. The molecule has 4 saturated carbocycles. The molecule has 0 spiro atoms. The van der Waals surface area contributed by atoms with Gasteiger partial charge in [0.1, 0.15) is 16.5 Å². The molecule has 1 aliphatic heterocycles. The summed E-state index contributed by atoms with van der Waals surface area (Å²) >= 11 is 5.73. The van der Waals surface area contributed by atoms with Gasteiger partial charge >= 0.3 is 6.18 Å². The molecule has 7 nitrogen and oxygen atoms in total. The summed E-state index contributed by atoms with van der Waals surface area (Å²) in [6.45, 7) is 3.77. The first-order valence-electron chi connectivity index (χ1n) is 12.9. The minimum absolute atomic E-state index is 0.0435. The molecular formula is C26H31ClF3N5O2. The van der Waals surface area contributed by atoms with Crippen LogP contribution < -0.4 is 15.0 Å². The third-order valence-electron chi connectivity index (χ3n) is 8.77. The van der Waals surface area contributed by atoms with E-state index in [-0.39, 0.29) is 5.95 Å². The minimum atomic E-state index is -4.61. The fourth-order valence-electron chi connectivity index (χ4n) is 7.54. The zero-order valence-corrected chi connectivity index (χ0v) is 21.4. The number of methoxy groups -OCH3 is 1. The van der Waals surface area contributed by atoms with E-state index in [1.165, 1.54) is 12.8 Å². The SMILES string of the molecule is COc1cc(N2CCN([C@H]3C4CC5CC3C[C@](O)(C5)C4)CC2)ccc1Nc1ncc(C(F)(F)F)c(Cl)n1. The lowest BCUT2D eigenvalue weighted by Crippen LogP contribution is -2.64. The van der Waals surface area contributed by atoms with E-state index < -0.39 is 22.5 Å². The van der Waals surface area contributed by atoms with Gasteiger partial charge in [0.25, 0.3) is 0 Å². The van der Waals surface area contributed by atoms with Crippen molar-refractivity contribution in [3.05, 3.63) is 35.1 Å². The second-order valence-electron chi connectivity index (χ2n) is 11.1. The van der Waals surface area contributed by atoms with Crippen LogP contribution in [0.4, 0.5) is 30.5 Å². The lowest BCUT2D eigenvalue weighted by atomic mass is 9.52. The maximum Gasteiger partial charge on any atom is 0.420 e. The molecule has 2 atom stereocenters. The summed E-state index contributed by atoms with van der Waals surface area (Å²) in [6, 6.07) is 6.29. The van der Waals surface area contributed by atoms with E-state index in [1.807, 2.05) is 18.2 Å². The van der Waals surface area contributed by atoms with Crippen LogP contribution in [-0.4, -0.2) is 64.9 Å². The van der Waals surface area contributed by atoms with Gasteiger partial charge in [-0.1, -0.05) is 11.6 Å². The Morgan fingerprint density at radius 1 is 1.11 bits per heavy atom. The predicted octanol–water partition coefficient (Wildman–Crippen LogP) is 4.96. The summed E-state index contributed by atoms with van der Waals surface area (Å²) in [5, 5.41) is 13.2. The Kier molecular flexibility index (Phi) is 6.19. The number of nitrogens with zero attached hydrogens (tertiary/aromatic N) is 4. The first kappa shape index (κ1) is 25.0. The van der Waals surface area contributed by atoms with Crippen molar-refractivity contribution in [1.29, 1.82) is 0 Å². The van der Waals surface area contributed by atoms with Crippen LogP contribution in [0.1, 0.15) is 37.7 Å². The molecule has 2 unspecified atom stereocenters. The number of rotatable bonds is 5. The summed E-state index contributed by atoms with van der Waals surface area (Å²) in [4.78, 5) is 12.5. The van der Waals surface area contributed by atoms with Crippen molar-refractivity contribution in [2.45, 2.75) is 49.9 Å². The molecule has 0 amide bonds. The molecular weight excluding hydrogens is 507 g/mol. The Hall–Kier alpha value is -2.30. The highest BCUT2D eigenvalue weighted by Gasteiger charge is 2.56. The number of aliphatic hydroxyl groups is 1. The molecule has 11 heteroatoms. The van der Waals surface area contributed by atoms with Crippen molar-refractivity contribution in [2.24, 2.45) is 17.8 Å². The lowest BCUT2D eigenvalue weighted by Gasteiger charge is -2.61. The Labute approximate surface area is 219 Å². The molecule has 5 fully saturated rings. The average Bonchev–Trinajstić information content (AvgIpc) is 2.83. The number of benzene rings is 1. The normalized spacial score (nSPS) is 31.6. The van der Waals surface area contributed by atoms with Gasteiger partial charge in [0.2, 0.25) is 5.95 Å². The molecule has 200 valence electrons. The summed E-state index contributed by atoms with van der Waals surface area (Å²) in [6.07, 6.45) is 1.52. The van der Waals surface area contributed by atoms with E-state index in [1.54, 1.807) is 7.11 Å². The highest BCUT2D eigenvalue weighted by molar-refractivity contribution is 6.30. The largest absolute Gasteiger partial charge is 0.494 e. The molecule has 0 radical (unpaired) electrons. The molecule has 1 aromatic heterocycles. The predicted molar refractivity (Wildman–Crippen MR) is 134 cm³/mol. The number of aromatic nitrogens is 2. The second kappa shape index (κ2) is 9.17. The topological polar surface area (TPSA) is 73.8 Å². The van der Waals surface area contributed by atoms with Crippen LogP contribution >= 0.6 is 11.6 Å². The summed E-state index contributed by atoms with van der Waals surface area (Å²) in [5.74, 6) is 2.44. The van der Waals surface area contributed by atoms with E-state index in [9.17, 15) is 18.3 Å². The van der Waals surface area contributed by atoms with E-state index in [2.05, 4.69) is 25.1 Å². The van der Waals surface area contributed by atoms with E-state index in [4.69, 9.17) is 16.3 Å². The summed E-state index contributed by atoms with van der Waals surface area (Å²) in [5.41, 5.74) is 0.0727. The summed E-state index contributed by atoms with van der Waals surface area (Å²) < 4.78 is 44.4. The monoisotopic (exact) mass is 537 g/mol. The van der Waals surface area contributed by atoms with Crippen molar-refractivity contribution in [3.63, 3.8) is 0 Å². The number of anilines is 3. The molecule has 1 aromatic carbocycles. The molecule has 4 bridgehead atoms. The number of alkyl halides is 3. The smallest absolute Gasteiger partial charge is 0.420 e. The van der Waals surface area contributed by atoms with Gasteiger partial charge in [-0.3, -0.25) is 4.90 Å². The molecule has 7 rings (SSSR count). The standard InChI is InChI=1S/C26H31ClF3N5O2/c1-37-21-10-18(2-3-20(21)32-24-31-14-19(23(27)33-24)26(28,29)30)34-4-6-35(7-5-34)22-16-8-15-9-17(22)13-25(36,11-15)12-16/h2-3,10,14-17,22,36H,4-9,11-13H2,1H3,(H,31,32,33)/t15?,16?,17?,22-,25-. The number of halogens is 4. The van der Waals surface area contributed by atoms with Gasteiger partial charge in [-0.25, -0.2) is 9.97 Å². The van der Waals surface area contributed by atoms with Crippen molar-refractivity contribution < 1.29 is 23.0 Å². The maximum atomic E-state index is 12.9. The Balaban J connectivity index is 1.11. The van der Waals surface area contributed by atoms with Crippen molar-refractivity contribution >= 4 is 28.9 Å². The molecule has 2 heterocycles. The molecule has 4 aliphatic carbocycles. The van der Waals surface area contributed by atoms with Crippen LogP contribution in [0.3, 0.4) is 0 Å². The third-order valence-corrected chi connectivity index (χ3v) is 9.06. The number of piperazine rings is 1. The Morgan fingerprint density at radius 3 is 2.41 bits per heavy atom. The molecule has 1 saturated heterocycles. The minimum Gasteiger partial charge on any atom is -0.494 e. The summed E-state index contributed by atoms with van der Waals surface area (Å²) in [7, 11) is 1.54. The molecule has 37 heavy (non-hydrogen) atoms. The first-order chi connectivity index (χ1) is 17.6. The fraction of sp³-hybridized carbons (Fsp3) is 0.615. The molecule has 5 aliphatic rings. The number of hydrogen-bond donors (Lipinski definition) is 2. The highest BCUT2D eigenvalue weighted by Crippen LogP contribution is 2.57. The van der Waals surface area contributed by atoms with Gasteiger partial charge in [0.15, 0.2) is 0 Å². The lowest BCUT2D eigenvalue weighted by molar-refractivity contribution is -0.160. The fourth-order valence-corrected chi connectivity index (χ4v) is 7.78. The Morgan fingerprint density at radius 2 is 1.81 bits per heavy atom. The van der Waals surface area contributed by atoms with Crippen LogP contribution in [-0.2, 0) is 6.18 Å². The van der Waals surface area contributed by atoms with Crippen LogP contribution in [0.25, 0.3) is 0 Å². The van der Waals surface area contributed by atoms with E-state index >= 15 is 0 Å². The van der Waals surface area contributed by atoms with Gasteiger partial charge < -0.3 is 20.1 Å². The number of hydrogen-bond acceptors (Lipinski definition) is 7. The average molecular weight is 538 g/mol. The van der Waals surface area contributed by atoms with Gasteiger partial charge in [-0.05, 0) is 62.0 Å². The van der Waals surface area contributed by atoms with Crippen molar-refractivity contribution in [2.75, 3.05) is 43.5 Å². The molecule has 2 N–H and O–H groups in total.